The van der Waals surface area contributed by atoms with Gasteiger partial charge in [0.1, 0.15) is 0 Å². The van der Waals surface area contributed by atoms with Crippen molar-refractivity contribution in [3.63, 3.8) is 0 Å². The highest BCUT2D eigenvalue weighted by molar-refractivity contribution is 7.89. The van der Waals surface area contributed by atoms with Gasteiger partial charge in [-0.05, 0) is 86.0 Å². The fourth-order valence-corrected chi connectivity index (χ4v) is 7.18. The Kier molecular flexibility index (Phi) is 5.02. The van der Waals surface area contributed by atoms with Gasteiger partial charge in [0.05, 0.1) is 11.4 Å². The van der Waals surface area contributed by atoms with E-state index in [2.05, 4.69) is 5.32 Å². The molecule has 1 N–H and O–H groups in total. The van der Waals surface area contributed by atoms with Gasteiger partial charge in [0.15, 0.2) is 0 Å². The topological polar surface area (TPSA) is 66.5 Å². The molecule has 4 aliphatic carbocycles. The summed E-state index contributed by atoms with van der Waals surface area (Å²) in [6.45, 7) is 0.515. The van der Waals surface area contributed by atoms with Crippen molar-refractivity contribution in [2.24, 2.45) is 23.2 Å². The zero-order valence-electron chi connectivity index (χ0n) is 15.7. The van der Waals surface area contributed by atoms with Gasteiger partial charge in [-0.15, -0.1) is 0 Å². The van der Waals surface area contributed by atoms with Crippen LogP contribution in [0.4, 0.5) is 0 Å². The molecule has 7 heteroatoms. The predicted molar refractivity (Wildman–Crippen MR) is 105 cm³/mol. The second-order valence-corrected chi connectivity index (χ2v) is 11.4. The molecule has 4 fully saturated rings. The Morgan fingerprint density at radius 3 is 2.15 bits per heavy atom. The van der Waals surface area contributed by atoms with Gasteiger partial charge < -0.3 is 5.32 Å². The molecule has 0 spiro atoms. The Labute approximate surface area is 166 Å². The molecule has 5 nitrogen and oxygen atoms in total. The Balaban J connectivity index is 1.35. The summed E-state index contributed by atoms with van der Waals surface area (Å²) in [5.74, 6) is 2.27. The van der Waals surface area contributed by atoms with E-state index in [0.717, 1.165) is 22.1 Å². The number of nitrogens with one attached hydrogen (secondary N) is 1. The van der Waals surface area contributed by atoms with Crippen molar-refractivity contribution in [1.82, 2.24) is 9.62 Å². The summed E-state index contributed by atoms with van der Waals surface area (Å²) in [5.41, 5.74) is 0.248. The molecule has 4 aliphatic rings. The standard InChI is InChI=1S/C20H27ClN2O3S/c1-23(27(25,26)18-4-2-17(21)3-5-18)12-19(24)22-13-20-9-14-6-15(10-20)8-16(7-14)11-20/h2-5,14-16H,6-13H2,1H3,(H,22,24). The molecule has 0 saturated heterocycles. The van der Waals surface area contributed by atoms with Crippen LogP contribution in [0.5, 0.6) is 0 Å². The molecule has 0 heterocycles. The third-order valence-electron chi connectivity index (χ3n) is 6.71. The van der Waals surface area contributed by atoms with Crippen LogP contribution in [0.2, 0.25) is 5.02 Å². The third kappa shape index (κ3) is 3.89. The first-order chi connectivity index (χ1) is 12.8. The van der Waals surface area contributed by atoms with Gasteiger partial charge in [-0.1, -0.05) is 11.6 Å². The number of likely N-dealkylation sites (N-methyl/N-ethyl adjacent to an activating group) is 1. The van der Waals surface area contributed by atoms with E-state index in [1.807, 2.05) is 0 Å². The molecule has 0 aliphatic heterocycles. The van der Waals surface area contributed by atoms with Gasteiger partial charge in [-0.25, -0.2) is 8.42 Å². The highest BCUT2D eigenvalue weighted by Gasteiger charge is 2.50. The van der Waals surface area contributed by atoms with Gasteiger partial charge >= 0.3 is 0 Å². The summed E-state index contributed by atoms with van der Waals surface area (Å²) < 4.78 is 26.3. The SMILES string of the molecule is CN(CC(=O)NCC12CC3CC(CC(C3)C1)C2)S(=O)(=O)c1ccc(Cl)cc1. The zero-order chi connectivity index (χ0) is 19.2. The lowest BCUT2D eigenvalue weighted by Crippen LogP contribution is -2.52. The third-order valence-corrected chi connectivity index (χ3v) is 8.78. The molecular formula is C20H27ClN2O3S. The smallest absolute Gasteiger partial charge is 0.243 e. The minimum Gasteiger partial charge on any atom is -0.354 e. The molecule has 27 heavy (non-hydrogen) atoms. The summed E-state index contributed by atoms with van der Waals surface area (Å²) in [7, 11) is -2.26. The summed E-state index contributed by atoms with van der Waals surface area (Å²) in [5, 5.41) is 3.51. The molecule has 5 rings (SSSR count). The Morgan fingerprint density at radius 2 is 1.63 bits per heavy atom. The number of nitrogens with zero attached hydrogens (tertiary/aromatic N) is 1. The number of carbonyl (C=O) groups excluding carboxylic acids is 1. The van der Waals surface area contributed by atoms with Gasteiger partial charge in [0.25, 0.3) is 0 Å². The van der Waals surface area contributed by atoms with E-state index >= 15 is 0 Å². The largest absolute Gasteiger partial charge is 0.354 e. The van der Waals surface area contributed by atoms with Gasteiger partial charge in [0.2, 0.25) is 15.9 Å². The number of amides is 1. The lowest BCUT2D eigenvalue weighted by molar-refractivity contribution is -0.123. The van der Waals surface area contributed by atoms with Gasteiger partial charge in [-0.2, -0.15) is 4.31 Å². The predicted octanol–water partition coefficient (Wildman–Crippen LogP) is 3.29. The van der Waals surface area contributed by atoms with Crippen molar-refractivity contribution in [3.8, 4) is 0 Å². The summed E-state index contributed by atoms with van der Waals surface area (Å²) in [6, 6.07) is 5.99. The van der Waals surface area contributed by atoms with Gasteiger partial charge in [0, 0.05) is 18.6 Å². The highest BCUT2D eigenvalue weighted by atomic mass is 35.5. The zero-order valence-corrected chi connectivity index (χ0v) is 17.2. The number of halogens is 1. The molecule has 4 bridgehead atoms. The van der Waals surface area contributed by atoms with Crippen LogP contribution in [0.1, 0.15) is 38.5 Å². The highest BCUT2D eigenvalue weighted by Crippen LogP contribution is 2.59. The van der Waals surface area contributed by atoms with Crippen LogP contribution in [0.25, 0.3) is 0 Å². The number of carbonyl (C=O) groups is 1. The molecule has 148 valence electrons. The summed E-state index contributed by atoms with van der Waals surface area (Å²) in [4.78, 5) is 12.6. The fourth-order valence-electron chi connectivity index (χ4n) is 5.92. The van der Waals surface area contributed by atoms with Gasteiger partial charge in [-0.3, -0.25) is 4.79 Å². The lowest BCUT2D eigenvalue weighted by Gasteiger charge is -2.56. The monoisotopic (exact) mass is 410 g/mol. The summed E-state index contributed by atoms with van der Waals surface area (Å²) >= 11 is 5.82. The molecule has 0 aromatic heterocycles. The molecule has 0 radical (unpaired) electrons. The molecule has 4 saturated carbocycles. The normalized spacial score (nSPS) is 32.0. The maximum atomic E-state index is 12.6. The van der Waals surface area contributed by atoms with Crippen molar-refractivity contribution < 1.29 is 13.2 Å². The Bertz CT molecular complexity index is 787. The van der Waals surface area contributed by atoms with Crippen molar-refractivity contribution >= 4 is 27.5 Å². The number of sulfonamides is 1. The molecule has 0 unspecified atom stereocenters. The van der Waals surface area contributed by atoms with Crippen molar-refractivity contribution in [3.05, 3.63) is 29.3 Å². The van der Waals surface area contributed by atoms with Crippen LogP contribution < -0.4 is 5.32 Å². The lowest BCUT2D eigenvalue weighted by atomic mass is 9.49. The molecule has 0 atom stereocenters. The van der Waals surface area contributed by atoms with E-state index in [-0.39, 0.29) is 22.8 Å². The number of benzene rings is 1. The van der Waals surface area contributed by atoms with Crippen molar-refractivity contribution in [1.29, 1.82) is 0 Å². The average Bonchev–Trinajstić information content (AvgIpc) is 2.59. The number of hydrogen-bond donors (Lipinski definition) is 1. The van der Waals surface area contributed by atoms with E-state index < -0.39 is 10.0 Å². The van der Waals surface area contributed by atoms with Crippen molar-refractivity contribution in [2.45, 2.75) is 43.4 Å². The molecule has 1 amide bonds. The number of rotatable bonds is 6. The summed E-state index contributed by atoms with van der Waals surface area (Å²) in [6.07, 6.45) is 7.77. The van der Waals surface area contributed by atoms with Crippen LogP contribution in [-0.2, 0) is 14.8 Å². The van der Waals surface area contributed by atoms with Crippen LogP contribution in [-0.4, -0.2) is 38.8 Å². The van der Waals surface area contributed by atoms with E-state index in [1.54, 1.807) is 0 Å². The minimum atomic E-state index is -3.70. The number of hydrogen-bond acceptors (Lipinski definition) is 3. The molecule has 1 aromatic carbocycles. The van der Waals surface area contributed by atoms with Crippen LogP contribution in [0.15, 0.2) is 29.2 Å². The molecular weight excluding hydrogens is 384 g/mol. The van der Waals surface area contributed by atoms with Crippen LogP contribution in [0.3, 0.4) is 0 Å². The van der Waals surface area contributed by atoms with E-state index in [1.165, 1.54) is 69.8 Å². The quantitative estimate of drug-likeness (QED) is 0.782. The van der Waals surface area contributed by atoms with Crippen LogP contribution in [0, 0.1) is 23.2 Å². The van der Waals surface area contributed by atoms with Crippen molar-refractivity contribution in [2.75, 3.05) is 20.1 Å². The average molecular weight is 411 g/mol. The maximum absolute atomic E-state index is 12.6. The fraction of sp³-hybridized carbons (Fsp3) is 0.650. The maximum Gasteiger partial charge on any atom is 0.243 e. The minimum absolute atomic E-state index is 0.142. The second kappa shape index (κ2) is 7.05. The van der Waals surface area contributed by atoms with E-state index in [4.69, 9.17) is 11.6 Å². The van der Waals surface area contributed by atoms with E-state index in [0.29, 0.717) is 11.6 Å². The Morgan fingerprint density at radius 1 is 1.11 bits per heavy atom. The van der Waals surface area contributed by atoms with Crippen LogP contribution >= 0.6 is 11.6 Å². The first kappa shape index (κ1) is 19.2. The first-order valence-corrected chi connectivity index (χ1v) is 11.6. The van der Waals surface area contributed by atoms with E-state index in [9.17, 15) is 13.2 Å². The Hall–Kier alpha value is -1.11. The second-order valence-electron chi connectivity index (χ2n) is 8.91. The molecule has 1 aromatic rings. The first-order valence-electron chi connectivity index (χ1n) is 9.74.